The number of benzene rings is 1. The number of esters is 1. The van der Waals surface area contributed by atoms with Crippen molar-refractivity contribution in [1.82, 2.24) is 4.90 Å². The molecule has 1 saturated heterocycles. The summed E-state index contributed by atoms with van der Waals surface area (Å²) >= 11 is 0. The number of hydrogen-bond donors (Lipinski definition) is 0. The number of likely N-dealkylation sites (tertiary alicyclic amines) is 1. The number of nitrogens with zero attached hydrogens (tertiary/aromatic N) is 1. The average Bonchev–Trinajstić information content (AvgIpc) is 2.60. The van der Waals surface area contributed by atoms with Gasteiger partial charge >= 0.3 is 5.97 Å². The second-order valence-electron chi connectivity index (χ2n) is 6.49. The maximum absolute atomic E-state index is 12.1. The summed E-state index contributed by atoms with van der Waals surface area (Å²) in [5.41, 5.74) is 0.611. The van der Waals surface area contributed by atoms with Gasteiger partial charge in [0.2, 0.25) is 0 Å². The molecule has 1 fully saturated rings. The molecular weight excluding hydrogens is 334 g/mol. The molecule has 0 bridgehead atoms. The molecular formula is C20H27NO5. The Morgan fingerprint density at radius 2 is 1.58 bits per heavy atom. The summed E-state index contributed by atoms with van der Waals surface area (Å²) in [5.74, 6) is -0.00363. The average molecular weight is 361 g/mol. The van der Waals surface area contributed by atoms with Gasteiger partial charge in [0.15, 0.2) is 12.4 Å². The summed E-state index contributed by atoms with van der Waals surface area (Å²) in [6.45, 7) is 2.95. The second-order valence-corrected chi connectivity index (χ2v) is 6.49. The molecule has 0 unspecified atom stereocenters. The highest BCUT2D eigenvalue weighted by Gasteiger charge is 2.16. The van der Waals surface area contributed by atoms with Gasteiger partial charge < -0.3 is 14.4 Å². The van der Waals surface area contributed by atoms with Crippen LogP contribution < -0.4 is 4.74 Å². The minimum absolute atomic E-state index is 0.00942. The minimum Gasteiger partial charge on any atom is -0.493 e. The van der Waals surface area contributed by atoms with Crippen molar-refractivity contribution in [3.05, 3.63) is 29.8 Å². The second kappa shape index (κ2) is 10.6. The molecule has 1 aromatic carbocycles. The number of rotatable bonds is 7. The lowest BCUT2D eigenvalue weighted by Gasteiger charge is -2.24. The SMILES string of the molecule is CC(=O)c1ccc(OCCC(=O)OCC(=O)N2CCCCCCC2)cc1. The topological polar surface area (TPSA) is 72.9 Å². The zero-order valence-electron chi connectivity index (χ0n) is 15.4. The van der Waals surface area contributed by atoms with Gasteiger partial charge in [0.25, 0.3) is 5.91 Å². The Hall–Kier alpha value is -2.37. The van der Waals surface area contributed by atoms with Crippen LogP contribution in [0.15, 0.2) is 24.3 Å². The molecule has 6 heteroatoms. The van der Waals surface area contributed by atoms with Gasteiger partial charge in [-0.25, -0.2) is 0 Å². The first-order chi connectivity index (χ1) is 12.6. The first kappa shape index (κ1) is 19.9. The van der Waals surface area contributed by atoms with Crippen LogP contribution >= 0.6 is 0 Å². The van der Waals surface area contributed by atoms with Crippen molar-refractivity contribution in [2.45, 2.75) is 45.4 Å². The van der Waals surface area contributed by atoms with Crippen LogP contribution in [0.3, 0.4) is 0 Å². The molecule has 6 nitrogen and oxygen atoms in total. The number of carbonyl (C=O) groups is 3. The van der Waals surface area contributed by atoms with Crippen LogP contribution in [0.5, 0.6) is 5.75 Å². The number of amides is 1. The van der Waals surface area contributed by atoms with Crippen molar-refractivity contribution in [3.63, 3.8) is 0 Å². The molecule has 26 heavy (non-hydrogen) atoms. The molecule has 142 valence electrons. The third-order valence-corrected chi connectivity index (χ3v) is 4.40. The Balaban J connectivity index is 1.65. The van der Waals surface area contributed by atoms with Gasteiger partial charge in [-0.05, 0) is 44.0 Å². The van der Waals surface area contributed by atoms with Gasteiger partial charge in [-0.15, -0.1) is 0 Å². The fourth-order valence-corrected chi connectivity index (χ4v) is 2.84. The molecule has 1 aliphatic rings. The van der Waals surface area contributed by atoms with Crippen LogP contribution in [-0.2, 0) is 14.3 Å². The predicted molar refractivity (Wildman–Crippen MR) is 97.2 cm³/mol. The maximum atomic E-state index is 12.1. The van der Waals surface area contributed by atoms with Crippen LogP contribution in [0.2, 0.25) is 0 Å². The summed E-state index contributed by atoms with van der Waals surface area (Å²) < 4.78 is 10.5. The number of ketones is 1. The monoisotopic (exact) mass is 361 g/mol. The van der Waals surface area contributed by atoms with Gasteiger partial charge in [-0.3, -0.25) is 14.4 Å². The molecule has 0 aromatic heterocycles. The number of Topliss-reactive ketones (excluding diaryl/α,β-unsaturated/α-hetero) is 1. The zero-order chi connectivity index (χ0) is 18.8. The van der Waals surface area contributed by atoms with Crippen molar-refractivity contribution in [2.75, 3.05) is 26.3 Å². The van der Waals surface area contributed by atoms with Crippen molar-refractivity contribution in [3.8, 4) is 5.75 Å². The highest BCUT2D eigenvalue weighted by molar-refractivity contribution is 5.94. The van der Waals surface area contributed by atoms with E-state index in [9.17, 15) is 14.4 Å². The predicted octanol–water partition coefficient (Wildman–Crippen LogP) is 2.99. The van der Waals surface area contributed by atoms with Gasteiger partial charge in [-0.2, -0.15) is 0 Å². The number of hydrogen-bond acceptors (Lipinski definition) is 5. The van der Waals surface area contributed by atoms with E-state index < -0.39 is 5.97 Å². The molecule has 0 spiro atoms. The molecule has 2 rings (SSSR count). The Bertz CT molecular complexity index is 603. The van der Waals surface area contributed by atoms with Crippen molar-refractivity contribution in [2.24, 2.45) is 0 Å². The fourth-order valence-electron chi connectivity index (χ4n) is 2.84. The fraction of sp³-hybridized carbons (Fsp3) is 0.550. The molecule has 0 N–H and O–H groups in total. The maximum Gasteiger partial charge on any atom is 0.309 e. The third kappa shape index (κ3) is 6.86. The largest absolute Gasteiger partial charge is 0.493 e. The Morgan fingerprint density at radius 1 is 0.962 bits per heavy atom. The normalized spacial score (nSPS) is 14.9. The lowest BCUT2D eigenvalue weighted by molar-refractivity contribution is -0.152. The van der Waals surface area contributed by atoms with Gasteiger partial charge in [-0.1, -0.05) is 19.3 Å². The molecule has 0 radical (unpaired) electrons. The summed E-state index contributed by atoms with van der Waals surface area (Å²) in [6.07, 6.45) is 5.62. The minimum atomic E-state index is -0.453. The smallest absolute Gasteiger partial charge is 0.309 e. The van der Waals surface area contributed by atoms with E-state index >= 15 is 0 Å². The number of ether oxygens (including phenoxy) is 2. The summed E-state index contributed by atoms with van der Waals surface area (Å²) in [5, 5.41) is 0. The standard InChI is InChI=1S/C20H27NO5/c1-16(22)17-7-9-18(10-8-17)25-14-11-20(24)26-15-19(23)21-12-5-3-2-4-6-13-21/h7-10H,2-6,11-15H2,1H3. The van der Waals surface area contributed by atoms with E-state index in [0.717, 1.165) is 38.8 Å². The van der Waals surface area contributed by atoms with E-state index in [1.165, 1.54) is 13.3 Å². The molecule has 1 heterocycles. The van der Waals surface area contributed by atoms with Crippen molar-refractivity contribution < 1.29 is 23.9 Å². The third-order valence-electron chi connectivity index (χ3n) is 4.40. The van der Waals surface area contributed by atoms with E-state index in [2.05, 4.69) is 0 Å². The number of carbonyl (C=O) groups excluding carboxylic acids is 3. The molecule has 0 atom stereocenters. The highest BCUT2D eigenvalue weighted by atomic mass is 16.5. The van der Waals surface area contributed by atoms with Crippen LogP contribution in [0, 0.1) is 0 Å². The van der Waals surface area contributed by atoms with Crippen LogP contribution in [-0.4, -0.2) is 48.9 Å². The quantitative estimate of drug-likeness (QED) is 0.551. The zero-order valence-corrected chi connectivity index (χ0v) is 15.4. The molecule has 0 aliphatic carbocycles. The van der Waals surface area contributed by atoms with Crippen LogP contribution in [0.25, 0.3) is 0 Å². The van der Waals surface area contributed by atoms with E-state index in [0.29, 0.717) is 11.3 Å². The molecule has 1 amide bonds. The van der Waals surface area contributed by atoms with Gasteiger partial charge in [0.05, 0.1) is 13.0 Å². The lowest BCUT2D eigenvalue weighted by atomic mass is 10.1. The lowest BCUT2D eigenvalue weighted by Crippen LogP contribution is -2.37. The van der Waals surface area contributed by atoms with E-state index in [1.807, 2.05) is 0 Å². The highest BCUT2D eigenvalue weighted by Crippen LogP contribution is 2.13. The Labute approximate surface area is 154 Å². The first-order valence-electron chi connectivity index (χ1n) is 9.23. The van der Waals surface area contributed by atoms with E-state index in [1.54, 1.807) is 29.2 Å². The van der Waals surface area contributed by atoms with E-state index in [-0.39, 0.29) is 31.3 Å². The first-order valence-corrected chi connectivity index (χ1v) is 9.23. The van der Waals surface area contributed by atoms with Gasteiger partial charge in [0.1, 0.15) is 5.75 Å². The van der Waals surface area contributed by atoms with Gasteiger partial charge in [0, 0.05) is 18.7 Å². The summed E-state index contributed by atoms with van der Waals surface area (Å²) in [6, 6.07) is 6.73. The molecule has 1 aliphatic heterocycles. The molecule has 1 aromatic rings. The Morgan fingerprint density at radius 3 is 2.19 bits per heavy atom. The van der Waals surface area contributed by atoms with Crippen LogP contribution in [0.1, 0.15) is 55.8 Å². The van der Waals surface area contributed by atoms with Crippen molar-refractivity contribution >= 4 is 17.7 Å². The summed E-state index contributed by atoms with van der Waals surface area (Å²) in [4.78, 5) is 36.9. The molecule has 0 saturated carbocycles. The van der Waals surface area contributed by atoms with Crippen molar-refractivity contribution in [1.29, 1.82) is 0 Å². The van der Waals surface area contributed by atoms with Crippen LogP contribution in [0.4, 0.5) is 0 Å². The Kier molecular flexibility index (Phi) is 8.12. The van der Waals surface area contributed by atoms with E-state index in [4.69, 9.17) is 9.47 Å². The summed E-state index contributed by atoms with van der Waals surface area (Å²) in [7, 11) is 0.